The Kier molecular flexibility index (Phi) is 21.6. The van der Waals surface area contributed by atoms with Crippen LogP contribution in [0, 0.1) is 0 Å². The third-order valence-corrected chi connectivity index (χ3v) is 7.24. The van der Waals surface area contributed by atoms with E-state index in [2.05, 4.69) is 19.2 Å². The zero-order chi connectivity index (χ0) is 28.0. The molecule has 0 spiro atoms. The van der Waals surface area contributed by atoms with Crippen LogP contribution in [0.4, 0.5) is 0 Å². The van der Waals surface area contributed by atoms with E-state index in [1.165, 1.54) is 44.9 Å². The van der Waals surface area contributed by atoms with E-state index in [4.69, 9.17) is 9.05 Å². The first kappa shape index (κ1) is 36.2. The number of allylic oxidation sites excluding steroid dienone is 1. The first-order valence-corrected chi connectivity index (χ1v) is 16.1. The van der Waals surface area contributed by atoms with Gasteiger partial charge in [0.1, 0.15) is 13.2 Å². The van der Waals surface area contributed by atoms with Crippen LogP contribution in [0.1, 0.15) is 110 Å². The number of hydrogen-bond acceptors (Lipinski definition) is 5. The Morgan fingerprint density at radius 3 is 2.00 bits per heavy atom. The quantitative estimate of drug-likeness (QED) is 0.0548. The molecule has 3 atom stereocenters. The van der Waals surface area contributed by atoms with Gasteiger partial charge in [0.2, 0.25) is 5.91 Å². The molecule has 0 aliphatic carbocycles. The summed E-state index contributed by atoms with van der Waals surface area (Å²) in [5.41, 5.74) is 0. The third kappa shape index (κ3) is 24.0. The molecule has 0 fully saturated rings. The van der Waals surface area contributed by atoms with E-state index in [9.17, 15) is 19.4 Å². The van der Waals surface area contributed by atoms with E-state index < -0.39 is 20.0 Å². The van der Waals surface area contributed by atoms with E-state index in [1.54, 1.807) is 6.08 Å². The van der Waals surface area contributed by atoms with Gasteiger partial charge in [-0.05, 0) is 19.3 Å². The third-order valence-electron chi connectivity index (χ3n) is 6.26. The summed E-state index contributed by atoms with van der Waals surface area (Å²) >= 11 is 0. The molecular weight excluding hydrogens is 491 g/mol. The smallest absolute Gasteiger partial charge is 0.387 e. The van der Waals surface area contributed by atoms with Crippen molar-refractivity contribution in [1.29, 1.82) is 0 Å². The van der Waals surface area contributed by atoms with E-state index in [0.29, 0.717) is 17.4 Å². The molecule has 0 aromatic carbocycles. The molecule has 0 saturated carbocycles. The molecule has 0 aliphatic rings. The molecule has 9 heteroatoms. The molecule has 0 aromatic rings. The van der Waals surface area contributed by atoms with Crippen LogP contribution >= 0.6 is 7.82 Å². The Balaban J connectivity index is 4.63. The number of phosphoric acid groups is 1. The fraction of sp³-hybridized carbons (Fsp3) is 0.893. The first-order chi connectivity index (χ1) is 17.5. The van der Waals surface area contributed by atoms with Gasteiger partial charge in [-0.1, -0.05) is 96.6 Å². The Morgan fingerprint density at radius 2 is 1.43 bits per heavy atom. The molecule has 0 aliphatic heterocycles. The number of likely N-dealkylation sites (N-methyl/N-ethyl adjacent to an activating group) is 1. The number of nitrogens with one attached hydrogen (secondary N) is 1. The van der Waals surface area contributed by atoms with Crippen LogP contribution in [-0.2, 0) is 18.4 Å². The number of carbonyl (C=O) groups is 1. The van der Waals surface area contributed by atoms with E-state index in [0.717, 1.165) is 44.9 Å². The van der Waals surface area contributed by atoms with Crippen LogP contribution in [0.3, 0.4) is 0 Å². The van der Waals surface area contributed by atoms with Gasteiger partial charge in [-0.2, -0.15) is 0 Å². The summed E-state index contributed by atoms with van der Waals surface area (Å²) in [4.78, 5) is 22.5. The minimum atomic E-state index is -4.30. The van der Waals surface area contributed by atoms with Crippen molar-refractivity contribution in [3.05, 3.63) is 12.2 Å². The number of unbranched alkanes of at least 4 members (excludes halogenated alkanes) is 12. The molecular formula is C28H58N2O6P+. The van der Waals surface area contributed by atoms with Crippen LogP contribution < -0.4 is 5.32 Å². The lowest BCUT2D eigenvalue weighted by Gasteiger charge is -2.25. The number of phosphoric ester groups is 1. The Hall–Kier alpha value is -0.760. The second-order valence-electron chi connectivity index (χ2n) is 11.1. The SMILES string of the molecule is CCCCCCCCCCC/C=C/C(O)C(COP(=O)(O)OCC[N+](C)(C)C)NC(=O)CCCCCC. The number of quaternary nitrogens is 1. The molecule has 1 amide bonds. The molecule has 0 heterocycles. The van der Waals surface area contributed by atoms with Crippen molar-refractivity contribution >= 4 is 13.7 Å². The highest BCUT2D eigenvalue weighted by Gasteiger charge is 2.27. The molecule has 0 bridgehead atoms. The van der Waals surface area contributed by atoms with Crippen LogP contribution in [-0.4, -0.2) is 73.4 Å². The van der Waals surface area contributed by atoms with E-state index in [1.807, 2.05) is 27.2 Å². The van der Waals surface area contributed by atoms with Gasteiger partial charge < -0.3 is 19.8 Å². The van der Waals surface area contributed by atoms with Crippen molar-refractivity contribution in [2.24, 2.45) is 0 Å². The van der Waals surface area contributed by atoms with Crippen molar-refractivity contribution in [3.8, 4) is 0 Å². The summed E-state index contributed by atoms with van der Waals surface area (Å²) in [6, 6.07) is -0.833. The van der Waals surface area contributed by atoms with Gasteiger partial charge in [0.15, 0.2) is 0 Å². The second kappa shape index (κ2) is 22.1. The summed E-state index contributed by atoms with van der Waals surface area (Å²) in [5, 5.41) is 13.5. The maximum atomic E-state index is 12.4. The average molecular weight is 550 g/mol. The summed E-state index contributed by atoms with van der Waals surface area (Å²) in [6.07, 6.45) is 18.9. The van der Waals surface area contributed by atoms with Crippen LogP contribution in [0.25, 0.3) is 0 Å². The predicted octanol–water partition coefficient (Wildman–Crippen LogP) is 6.12. The number of nitrogens with zero attached hydrogens (tertiary/aromatic N) is 1. The van der Waals surface area contributed by atoms with Crippen molar-refractivity contribution < 1.29 is 32.9 Å². The molecule has 0 aromatic heterocycles. The van der Waals surface area contributed by atoms with Crippen LogP contribution in [0.5, 0.6) is 0 Å². The Morgan fingerprint density at radius 1 is 0.892 bits per heavy atom. The maximum Gasteiger partial charge on any atom is 0.472 e. The predicted molar refractivity (Wildman–Crippen MR) is 152 cm³/mol. The number of aliphatic hydroxyl groups excluding tert-OH is 1. The maximum absolute atomic E-state index is 12.4. The van der Waals surface area contributed by atoms with Crippen molar-refractivity contribution in [2.45, 2.75) is 122 Å². The van der Waals surface area contributed by atoms with Gasteiger partial charge in [0.25, 0.3) is 0 Å². The molecule has 0 rings (SSSR count). The Labute approximate surface area is 227 Å². The van der Waals surface area contributed by atoms with E-state index in [-0.39, 0.29) is 19.1 Å². The van der Waals surface area contributed by atoms with Crippen LogP contribution in [0.15, 0.2) is 12.2 Å². The molecule has 8 nitrogen and oxygen atoms in total. The van der Waals surface area contributed by atoms with Gasteiger partial charge in [-0.15, -0.1) is 0 Å². The topological polar surface area (TPSA) is 105 Å². The van der Waals surface area contributed by atoms with Gasteiger partial charge >= 0.3 is 7.82 Å². The minimum Gasteiger partial charge on any atom is -0.387 e. The normalized spacial score (nSPS) is 15.5. The summed E-state index contributed by atoms with van der Waals surface area (Å²) in [5.74, 6) is -0.199. The number of aliphatic hydroxyl groups is 1. The lowest BCUT2D eigenvalue weighted by molar-refractivity contribution is -0.870. The molecule has 0 radical (unpaired) electrons. The van der Waals surface area contributed by atoms with E-state index >= 15 is 0 Å². The lowest BCUT2D eigenvalue weighted by atomic mass is 10.1. The van der Waals surface area contributed by atoms with Gasteiger partial charge in [-0.3, -0.25) is 13.8 Å². The number of rotatable bonds is 25. The zero-order valence-electron chi connectivity index (χ0n) is 24.5. The minimum absolute atomic E-state index is 0.0624. The van der Waals surface area contributed by atoms with Crippen LogP contribution in [0.2, 0.25) is 0 Å². The highest BCUT2D eigenvalue weighted by atomic mass is 31.2. The molecule has 3 N–H and O–H groups in total. The van der Waals surface area contributed by atoms with Crippen molar-refractivity contribution in [2.75, 3.05) is 40.9 Å². The summed E-state index contributed by atoms with van der Waals surface area (Å²) in [6.45, 7) is 4.63. The summed E-state index contributed by atoms with van der Waals surface area (Å²) < 4.78 is 23.1. The molecule has 0 saturated heterocycles. The average Bonchev–Trinajstić information content (AvgIpc) is 2.81. The van der Waals surface area contributed by atoms with Crippen molar-refractivity contribution in [3.63, 3.8) is 0 Å². The second-order valence-corrected chi connectivity index (χ2v) is 12.6. The lowest BCUT2D eigenvalue weighted by Crippen LogP contribution is -2.45. The molecule has 37 heavy (non-hydrogen) atoms. The highest BCUT2D eigenvalue weighted by molar-refractivity contribution is 7.47. The van der Waals surface area contributed by atoms with Crippen molar-refractivity contribution in [1.82, 2.24) is 5.32 Å². The fourth-order valence-corrected chi connectivity index (χ4v) is 4.54. The molecule has 220 valence electrons. The molecule has 3 unspecified atom stereocenters. The highest BCUT2D eigenvalue weighted by Crippen LogP contribution is 2.43. The van der Waals surface area contributed by atoms with Gasteiger partial charge in [0, 0.05) is 6.42 Å². The Bertz CT molecular complexity index is 639. The monoisotopic (exact) mass is 549 g/mol. The fourth-order valence-electron chi connectivity index (χ4n) is 3.80. The van der Waals surface area contributed by atoms with Gasteiger partial charge in [-0.25, -0.2) is 4.57 Å². The number of hydrogen-bond donors (Lipinski definition) is 3. The number of amides is 1. The largest absolute Gasteiger partial charge is 0.472 e. The zero-order valence-corrected chi connectivity index (χ0v) is 25.4. The standard InChI is InChI=1S/C28H57N2O6P/c1-6-8-10-12-13-14-15-16-17-18-19-21-27(31)26(29-28(32)22-20-11-9-7-2)25-36-37(33,34)35-24-23-30(3,4)5/h19,21,26-27,31H,6-18,20,22-25H2,1-5H3,(H-,29,32,33,34)/p+1/b21-19+. The summed E-state index contributed by atoms with van der Waals surface area (Å²) in [7, 11) is 1.56. The van der Waals surface area contributed by atoms with Gasteiger partial charge in [0.05, 0.1) is 39.9 Å². The number of carbonyl (C=O) groups excluding carboxylic acids is 1. The first-order valence-electron chi connectivity index (χ1n) is 14.6.